The fourth-order valence-corrected chi connectivity index (χ4v) is 1.04. The van der Waals surface area contributed by atoms with Gasteiger partial charge in [0.05, 0.1) is 6.54 Å². The SMILES string of the molecule is CC(C)NCc1ccc(/C=C/C(=O)O)o1. The van der Waals surface area contributed by atoms with Gasteiger partial charge in [-0.25, -0.2) is 4.79 Å². The second-order valence-corrected chi connectivity index (χ2v) is 3.51. The van der Waals surface area contributed by atoms with Gasteiger partial charge in [-0.1, -0.05) is 13.8 Å². The smallest absolute Gasteiger partial charge is 0.328 e. The van der Waals surface area contributed by atoms with Crippen LogP contribution in [0.2, 0.25) is 0 Å². The summed E-state index contributed by atoms with van der Waals surface area (Å²) in [5, 5.41) is 11.6. The van der Waals surface area contributed by atoms with Gasteiger partial charge < -0.3 is 14.8 Å². The van der Waals surface area contributed by atoms with E-state index in [-0.39, 0.29) is 0 Å². The second-order valence-electron chi connectivity index (χ2n) is 3.51. The molecule has 0 radical (unpaired) electrons. The molecule has 0 atom stereocenters. The highest BCUT2D eigenvalue weighted by Gasteiger charge is 2.00. The van der Waals surface area contributed by atoms with Gasteiger partial charge in [-0.05, 0) is 18.2 Å². The molecule has 0 aromatic carbocycles. The zero-order valence-electron chi connectivity index (χ0n) is 8.86. The highest BCUT2D eigenvalue weighted by atomic mass is 16.4. The van der Waals surface area contributed by atoms with Crippen LogP contribution in [0.4, 0.5) is 0 Å². The van der Waals surface area contributed by atoms with Gasteiger partial charge in [-0.3, -0.25) is 0 Å². The minimum absolute atomic E-state index is 0.396. The van der Waals surface area contributed by atoms with E-state index >= 15 is 0 Å². The first kappa shape index (κ1) is 11.5. The number of furan rings is 1. The summed E-state index contributed by atoms with van der Waals surface area (Å²) in [5.74, 6) is 0.375. The maximum atomic E-state index is 10.3. The lowest BCUT2D eigenvalue weighted by Gasteiger charge is -2.04. The summed E-state index contributed by atoms with van der Waals surface area (Å²) in [6.07, 6.45) is 2.49. The first-order valence-electron chi connectivity index (χ1n) is 4.81. The third-order valence-corrected chi connectivity index (χ3v) is 1.76. The summed E-state index contributed by atoms with van der Waals surface area (Å²) < 4.78 is 5.37. The summed E-state index contributed by atoms with van der Waals surface area (Å²) in [6.45, 7) is 4.75. The standard InChI is InChI=1S/C11H15NO3/c1-8(2)12-7-10-4-3-9(15-10)5-6-11(13)14/h3-6,8,12H,7H2,1-2H3,(H,13,14)/b6-5+. The summed E-state index contributed by atoms with van der Waals surface area (Å²) in [4.78, 5) is 10.3. The molecule has 4 nitrogen and oxygen atoms in total. The summed E-state index contributed by atoms with van der Waals surface area (Å²) in [7, 11) is 0. The van der Waals surface area contributed by atoms with Crippen molar-refractivity contribution in [2.45, 2.75) is 26.4 Å². The topological polar surface area (TPSA) is 62.5 Å². The van der Waals surface area contributed by atoms with Crippen molar-refractivity contribution in [3.63, 3.8) is 0 Å². The van der Waals surface area contributed by atoms with Gasteiger partial charge in [0, 0.05) is 12.1 Å². The van der Waals surface area contributed by atoms with Crippen LogP contribution < -0.4 is 5.32 Å². The molecule has 0 unspecified atom stereocenters. The van der Waals surface area contributed by atoms with Crippen molar-refractivity contribution in [3.05, 3.63) is 29.7 Å². The van der Waals surface area contributed by atoms with E-state index in [1.165, 1.54) is 6.08 Å². The summed E-state index contributed by atoms with van der Waals surface area (Å²) in [6, 6.07) is 3.97. The van der Waals surface area contributed by atoms with Crippen LogP contribution in [0.5, 0.6) is 0 Å². The first-order chi connectivity index (χ1) is 7.08. The quantitative estimate of drug-likeness (QED) is 0.727. The molecular formula is C11H15NO3. The van der Waals surface area contributed by atoms with Crippen LogP contribution in [-0.4, -0.2) is 17.1 Å². The van der Waals surface area contributed by atoms with Crippen molar-refractivity contribution in [2.75, 3.05) is 0 Å². The Kier molecular flexibility index (Phi) is 4.12. The van der Waals surface area contributed by atoms with Gasteiger partial charge in [-0.15, -0.1) is 0 Å². The number of aliphatic carboxylic acids is 1. The number of hydrogen-bond acceptors (Lipinski definition) is 3. The minimum Gasteiger partial charge on any atom is -0.478 e. The third kappa shape index (κ3) is 4.46. The molecule has 15 heavy (non-hydrogen) atoms. The van der Waals surface area contributed by atoms with E-state index in [0.29, 0.717) is 18.3 Å². The summed E-state index contributed by atoms with van der Waals surface area (Å²) in [5.41, 5.74) is 0. The Morgan fingerprint density at radius 1 is 1.60 bits per heavy atom. The number of carboxylic acids is 1. The molecule has 82 valence electrons. The molecule has 0 bridgehead atoms. The molecule has 0 amide bonds. The zero-order chi connectivity index (χ0) is 11.3. The van der Waals surface area contributed by atoms with Crippen LogP contribution >= 0.6 is 0 Å². The molecule has 0 aliphatic carbocycles. The molecule has 2 N–H and O–H groups in total. The van der Waals surface area contributed by atoms with Crippen LogP contribution in [0.15, 0.2) is 22.6 Å². The average molecular weight is 209 g/mol. The van der Waals surface area contributed by atoms with Gasteiger partial charge in [0.25, 0.3) is 0 Å². The van der Waals surface area contributed by atoms with Gasteiger partial charge in [-0.2, -0.15) is 0 Å². The van der Waals surface area contributed by atoms with Crippen molar-refractivity contribution in [2.24, 2.45) is 0 Å². The van der Waals surface area contributed by atoms with Gasteiger partial charge in [0.1, 0.15) is 11.5 Å². The highest BCUT2D eigenvalue weighted by Crippen LogP contribution is 2.09. The monoisotopic (exact) mass is 209 g/mol. The molecule has 1 aromatic heterocycles. The first-order valence-corrected chi connectivity index (χ1v) is 4.81. The minimum atomic E-state index is -0.978. The molecule has 1 rings (SSSR count). The molecule has 4 heteroatoms. The maximum absolute atomic E-state index is 10.3. The van der Waals surface area contributed by atoms with Crippen molar-refractivity contribution in [1.29, 1.82) is 0 Å². The molecule has 0 saturated heterocycles. The van der Waals surface area contributed by atoms with Crippen LogP contribution in [0.1, 0.15) is 25.4 Å². The van der Waals surface area contributed by atoms with Crippen molar-refractivity contribution in [1.82, 2.24) is 5.32 Å². The van der Waals surface area contributed by atoms with Crippen molar-refractivity contribution >= 4 is 12.0 Å². The Balaban J connectivity index is 2.52. The lowest BCUT2D eigenvalue weighted by atomic mass is 10.3. The highest BCUT2D eigenvalue weighted by molar-refractivity contribution is 5.84. The third-order valence-electron chi connectivity index (χ3n) is 1.76. The normalized spacial score (nSPS) is 11.4. The Labute approximate surface area is 88.6 Å². The van der Waals surface area contributed by atoms with Crippen molar-refractivity contribution in [3.8, 4) is 0 Å². The number of carbonyl (C=O) groups is 1. The molecule has 0 spiro atoms. The Morgan fingerprint density at radius 3 is 2.93 bits per heavy atom. The van der Waals surface area contributed by atoms with Crippen LogP contribution in [0.3, 0.4) is 0 Å². The van der Waals surface area contributed by atoms with Gasteiger partial charge >= 0.3 is 5.97 Å². The van der Waals surface area contributed by atoms with E-state index in [4.69, 9.17) is 9.52 Å². The number of hydrogen-bond donors (Lipinski definition) is 2. The Morgan fingerprint density at radius 2 is 2.33 bits per heavy atom. The predicted octanol–water partition coefficient (Wildman–Crippen LogP) is 1.88. The predicted molar refractivity (Wildman–Crippen MR) is 57.4 cm³/mol. The Bertz CT molecular complexity index is 352. The van der Waals surface area contributed by atoms with E-state index in [9.17, 15) is 4.79 Å². The molecule has 1 aromatic rings. The van der Waals surface area contributed by atoms with Gasteiger partial charge in [0.2, 0.25) is 0 Å². The number of rotatable bonds is 5. The van der Waals surface area contributed by atoms with Crippen LogP contribution in [0.25, 0.3) is 6.08 Å². The average Bonchev–Trinajstić information content (AvgIpc) is 2.59. The molecule has 1 heterocycles. The lowest BCUT2D eigenvalue weighted by Crippen LogP contribution is -2.21. The van der Waals surface area contributed by atoms with E-state index < -0.39 is 5.97 Å². The van der Waals surface area contributed by atoms with E-state index in [2.05, 4.69) is 5.32 Å². The van der Waals surface area contributed by atoms with E-state index in [1.807, 2.05) is 19.9 Å². The van der Waals surface area contributed by atoms with Crippen molar-refractivity contribution < 1.29 is 14.3 Å². The maximum Gasteiger partial charge on any atom is 0.328 e. The molecule has 0 saturated carbocycles. The summed E-state index contributed by atoms with van der Waals surface area (Å²) >= 11 is 0. The Hall–Kier alpha value is -1.55. The van der Waals surface area contributed by atoms with Crippen LogP contribution in [0, 0.1) is 0 Å². The largest absolute Gasteiger partial charge is 0.478 e. The second kappa shape index (κ2) is 5.36. The number of nitrogens with one attached hydrogen (secondary N) is 1. The fraction of sp³-hybridized carbons (Fsp3) is 0.364. The fourth-order valence-electron chi connectivity index (χ4n) is 1.04. The van der Waals surface area contributed by atoms with Gasteiger partial charge in [0.15, 0.2) is 0 Å². The molecule has 0 fully saturated rings. The molecule has 0 aliphatic heterocycles. The van der Waals surface area contributed by atoms with E-state index in [0.717, 1.165) is 11.8 Å². The number of carboxylic acid groups (broad SMARTS) is 1. The zero-order valence-corrected chi connectivity index (χ0v) is 8.86. The lowest BCUT2D eigenvalue weighted by molar-refractivity contribution is -0.131. The molecule has 0 aliphatic rings. The van der Waals surface area contributed by atoms with E-state index in [1.54, 1.807) is 6.07 Å². The van der Waals surface area contributed by atoms with Crippen LogP contribution in [-0.2, 0) is 11.3 Å². The molecular weight excluding hydrogens is 194 g/mol.